The summed E-state index contributed by atoms with van der Waals surface area (Å²) in [5.74, 6) is -0.856. The number of hydrogen-bond donors (Lipinski definition) is 0. The van der Waals surface area contributed by atoms with Crippen LogP contribution >= 0.6 is 0 Å². The summed E-state index contributed by atoms with van der Waals surface area (Å²) in [6, 6.07) is 10.5. The van der Waals surface area contributed by atoms with Crippen LogP contribution < -0.4 is 5.43 Å². The van der Waals surface area contributed by atoms with E-state index in [-0.39, 0.29) is 17.6 Å². The maximum absolute atomic E-state index is 13.1. The molecule has 0 amide bonds. The van der Waals surface area contributed by atoms with Crippen LogP contribution in [-0.4, -0.2) is 17.1 Å². The summed E-state index contributed by atoms with van der Waals surface area (Å²) in [4.78, 5) is 24.9. The molecule has 0 bridgehead atoms. The van der Waals surface area contributed by atoms with Crippen molar-refractivity contribution in [2.45, 2.75) is 26.6 Å². The summed E-state index contributed by atoms with van der Waals surface area (Å²) in [5.41, 5.74) is 0.207. The molecular weight excluding hydrogens is 371 g/mol. The van der Waals surface area contributed by atoms with E-state index in [1.807, 2.05) is 31.2 Å². The van der Waals surface area contributed by atoms with Crippen LogP contribution in [-0.2, 0) is 17.5 Å². The van der Waals surface area contributed by atoms with Gasteiger partial charge in [0.05, 0.1) is 17.7 Å². The highest BCUT2D eigenvalue weighted by Crippen LogP contribution is 2.31. The van der Waals surface area contributed by atoms with Gasteiger partial charge in [0, 0.05) is 18.1 Å². The van der Waals surface area contributed by atoms with Gasteiger partial charge in [0.25, 0.3) is 0 Å². The Bertz CT molecular complexity index is 1100. The molecule has 4 nitrogen and oxygen atoms in total. The summed E-state index contributed by atoms with van der Waals surface area (Å²) < 4.78 is 45.9. The van der Waals surface area contributed by atoms with E-state index in [9.17, 15) is 22.8 Å². The number of aromatic nitrogens is 1. The molecule has 0 aliphatic heterocycles. The molecule has 28 heavy (non-hydrogen) atoms. The van der Waals surface area contributed by atoms with Crippen LogP contribution in [0.3, 0.4) is 0 Å². The molecule has 1 heterocycles. The molecule has 146 valence electrons. The maximum atomic E-state index is 13.1. The first-order chi connectivity index (χ1) is 13.2. The smallest absolute Gasteiger partial charge is 0.416 e. The van der Waals surface area contributed by atoms with Gasteiger partial charge in [0.1, 0.15) is 5.56 Å². The van der Waals surface area contributed by atoms with E-state index in [0.717, 1.165) is 23.3 Å². The van der Waals surface area contributed by atoms with Gasteiger partial charge in [-0.3, -0.25) is 4.79 Å². The van der Waals surface area contributed by atoms with E-state index in [1.54, 1.807) is 11.5 Å². The van der Waals surface area contributed by atoms with Crippen molar-refractivity contribution in [1.82, 2.24) is 4.57 Å². The van der Waals surface area contributed by atoms with Crippen LogP contribution in [0.4, 0.5) is 13.2 Å². The molecule has 0 fully saturated rings. The van der Waals surface area contributed by atoms with E-state index in [0.29, 0.717) is 12.1 Å². The van der Waals surface area contributed by atoms with Crippen molar-refractivity contribution in [3.63, 3.8) is 0 Å². The second-order valence-corrected chi connectivity index (χ2v) is 6.38. The number of fused-ring (bicyclic) bond motifs is 1. The second kappa shape index (κ2) is 7.50. The third-order valence-corrected chi connectivity index (χ3v) is 4.50. The first kappa shape index (κ1) is 19.7. The fourth-order valence-corrected chi connectivity index (χ4v) is 3.03. The predicted octanol–water partition coefficient (Wildman–Crippen LogP) is 4.55. The molecule has 0 radical (unpaired) electrons. The Balaban J connectivity index is 2.26. The zero-order valence-electron chi connectivity index (χ0n) is 15.3. The number of esters is 1. The highest BCUT2D eigenvalue weighted by atomic mass is 19.4. The highest BCUT2D eigenvalue weighted by Gasteiger charge is 2.31. The SMILES string of the molecule is CCOC(=O)c1cn(Cc2ccccc2C)c2ccc(C(F)(F)F)cc2c1=O. The van der Waals surface area contributed by atoms with Gasteiger partial charge >= 0.3 is 12.1 Å². The van der Waals surface area contributed by atoms with Gasteiger partial charge < -0.3 is 9.30 Å². The van der Waals surface area contributed by atoms with Crippen molar-refractivity contribution in [3.05, 3.63) is 81.1 Å². The molecule has 0 unspecified atom stereocenters. The predicted molar refractivity (Wildman–Crippen MR) is 99.4 cm³/mol. The molecule has 0 spiro atoms. The second-order valence-electron chi connectivity index (χ2n) is 6.38. The normalized spacial score (nSPS) is 11.6. The van der Waals surface area contributed by atoms with Crippen molar-refractivity contribution in [1.29, 1.82) is 0 Å². The van der Waals surface area contributed by atoms with Gasteiger partial charge in [-0.05, 0) is 43.2 Å². The average molecular weight is 389 g/mol. The molecule has 7 heteroatoms. The van der Waals surface area contributed by atoms with Gasteiger partial charge in [-0.25, -0.2) is 4.79 Å². The fraction of sp³-hybridized carbons (Fsp3) is 0.238. The Morgan fingerprint density at radius 1 is 1.14 bits per heavy atom. The number of ether oxygens (including phenoxy) is 1. The molecule has 3 rings (SSSR count). The Morgan fingerprint density at radius 2 is 1.86 bits per heavy atom. The minimum absolute atomic E-state index is 0.0523. The van der Waals surface area contributed by atoms with E-state index < -0.39 is 23.1 Å². The van der Waals surface area contributed by atoms with Crippen molar-refractivity contribution in [3.8, 4) is 0 Å². The van der Waals surface area contributed by atoms with Crippen LogP contribution in [0.2, 0.25) is 0 Å². The van der Waals surface area contributed by atoms with Crippen molar-refractivity contribution in [2.24, 2.45) is 0 Å². The van der Waals surface area contributed by atoms with Crippen molar-refractivity contribution >= 4 is 16.9 Å². The minimum atomic E-state index is -4.60. The largest absolute Gasteiger partial charge is 0.462 e. The molecular formula is C21H18F3NO3. The van der Waals surface area contributed by atoms with Gasteiger partial charge in [-0.2, -0.15) is 13.2 Å². The van der Waals surface area contributed by atoms with Gasteiger partial charge in [-0.1, -0.05) is 24.3 Å². The lowest BCUT2D eigenvalue weighted by molar-refractivity contribution is -0.137. The van der Waals surface area contributed by atoms with Crippen LogP contribution in [0, 0.1) is 6.92 Å². The van der Waals surface area contributed by atoms with Crippen molar-refractivity contribution in [2.75, 3.05) is 6.61 Å². The maximum Gasteiger partial charge on any atom is 0.416 e. The third-order valence-electron chi connectivity index (χ3n) is 4.50. The lowest BCUT2D eigenvalue weighted by Crippen LogP contribution is -2.22. The van der Waals surface area contributed by atoms with E-state index in [1.165, 1.54) is 12.3 Å². The zero-order chi connectivity index (χ0) is 20.5. The van der Waals surface area contributed by atoms with E-state index in [2.05, 4.69) is 0 Å². The van der Waals surface area contributed by atoms with Gasteiger partial charge in [0.15, 0.2) is 0 Å². The number of carbonyl (C=O) groups is 1. The molecule has 0 N–H and O–H groups in total. The summed E-state index contributed by atoms with van der Waals surface area (Å²) in [6.45, 7) is 3.85. The third kappa shape index (κ3) is 3.78. The average Bonchev–Trinajstić information content (AvgIpc) is 2.64. The van der Waals surface area contributed by atoms with E-state index >= 15 is 0 Å². The van der Waals surface area contributed by atoms with Crippen LogP contribution in [0.15, 0.2) is 53.5 Å². The summed E-state index contributed by atoms with van der Waals surface area (Å²) in [6.07, 6.45) is -3.25. The highest BCUT2D eigenvalue weighted by molar-refractivity contribution is 5.94. The standard InChI is InChI=1S/C21H18F3NO3/c1-3-28-20(27)17-12-25(11-14-7-5-4-6-13(14)2)18-9-8-15(21(22,23)24)10-16(18)19(17)26/h4-10,12H,3,11H2,1-2H3. The van der Waals surface area contributed by atoms with Gasteiger partial charge in [-0.15, -0.1) is 0 Å². The Kier molecular flexibility index (Phi) is 5.27. The summed E-state index contributed by atoms with van der Waals surface area (Å²) in [7, 11) is 0. The first-order valence-electron chi connectivity index (χ1n) is 8.68. The number of pyridine rings is 1. The topological polar surface area (TPSA) is 48.3 Å². The number of halogens is 3. The number of hydrogen-bond acceptors (Lipinski definition) is 3. The molecule has 2 aromatic carbocycles. The lowest BCUT2D eigenvalue weighted by atomic mass is 10.1. The molecule has 0 aliphatic rings. The molecule has 0 saturated heterocycles. The molecule has 1 aromatic heterocycles. The molecule has 0 aliphatic carbocycles. The zero-order valence-corrected chi connectivity index (χ0v) is 15.3. The molecule has 3 aromatic rings. The summed E-state index contributed by atoms with van der Waals surface area (Å²) in [5, 5.41) is -0.172. The number of benzene rings is 2. The van der Waals surface area contributed by atoms with Crippen LogP contribution in [0.5, 0.6) is 0 Å². The Hall–Kier alpha value is -3.09. The van der Waals surface area contributed by atoms with Crippen molar-refractivity contribution < 1.29 is 22.7 Å². The van der Waals surface area contributed by atoms with Crippen LogP contribution in [0.25, 0.3) is 10.9 Å². The quantitative estimate of drug-likeness (QED) is 0.615. The monoisotopic (exact) mass is 389 g/mol. The Morgan fingerprint density at radius 3 is 2.50 bits per heavy atom. The number of aryl methyl sites for hydroxylation is 1. The van der Waals surface area contributed by atoms with E-state index in [4.69, 9.17) is 4.74 Å². The van der Waals surface area contributed by atoms with Gasteiger partial charge in [0.2, 0.25) is 5.43 Å². The molecule has 0 atom stereocenters. The fourth-order valence-electron chi connectivity index (χ4n) is 3.03. The first-order valence-corrected chi connectivity index (χ1v) is 8.68. The number of carbonyl (C=O) groups excluding carboxylic acids is 1. The number of rotatable bonds is 4. The number of alkyl halides is 3. The summed E-state index contributed by atoms with van der Waals surface area (Å²) >= 11 is 0. The number of nitrogens with zero attached hydrogens (tertiary/aromatic N) is 1. The minimum Gasteiger partial charge on any atom is -0.462 e. The Labute approximate surface area is 159 Å². The van der Waals surface area contributed by atoms with Crippen LogP contribution in [0.1, 0.15) is 34.0 Å². The molecule has 0 saturated carbocycles. The lowest BCUT2D eigenvalue weighted by Gasteiger charge is -2.16.